The van der Waals surface area contributed by atoms with Crippen molar-refractivity contribution in [2.45, 2.75) is 11.0 Å². The van der Waals surface area contributed by atoms with Gasteiger partial charge in [0.2, 0.25) is 10.0 Å². The summed E-state index contributed by atoms with van der Waals surface area (Å²) in [5.74, 6) is 0. The molecule has 1 unspecified atom stereocenters. The lowest BCUT2D eigenvalue weighted by atomic mass is 10.3. The molecule has 1 aliphatic heterocycles. The van der Waals surface area contributed by atoms with Gasteiger partial charge in [-0.05, 0) is 25.2 Å². The zero-order valence-electron chi connectivity index (χ0n) is 11.2. The van der Waals surface area contributed by atoms with Gasteiger partial charge in [-0.15, -0.1) is 0 Å². The van der Waals surface area contributed by atoms with E-state index in [-0.39, 0.29) is 22.6 Å². The number of anilines is 1. The van der Waals surface area contributed by atoms with Crippen LogP contribution < -0.4 is 10.5 Å². The van der Waals surface area contributed by atoms with Crippen LogP contribution in [0.1, 0.15) is 0 Å². The zero-order chi connectivity index (χ0) is 14.8. The number of hydrogen-bond acceptors (Lipinski definition) is 5. The lowest BCUT2D eigenvalue weighted by Crippen LogP contribution is -2.45. The van der Waals surface area contributed by atoms with Crippen molar-refractivity contribution >= 4 is 27.3 Å². The summed E-state index contributed by atoms with van der Waals surface area (Å²) in [7, 11) is -1.69. The molecule has 0 amide bonds. The van der Waals surface area contributed by atoms with Crippen LogP contribution in [0.2, 0.25) is 5.02 Å². The third-order valence-electron chi connectivity index (χ3n) is 3.09. The summed E-state index contributed by atoms with van der Waals surface area (Å²) in [4.78, 5) is 2.12. The van der Waals surface area contributed by atoms with Gasteiger partial charge in [0.15, 0.2) is 0 Å². The van der Waals surface area contributed by atoms with E-state index in [2.05, 4.69) is 9.62 Å². The Bertz CT molecular complexity index is 579. The van der Waals surface area contributed by atoms with Crippen molar-refractivity contribution in [3.8, 4) is 0 Å². The molecule has 3 N–H and O–H groups in total. The lowest BCUT2D eigenvalue weighted by Gasteiger charge is -2.30. The number of benzene rings is 1. The van der Waals surface area contributed by atoms with Crippen LogP contribution in [-0.2, 0) is 14.8 Å². The first kappa shape index (κ1) is 15.5. The number of halogens is 1. The number of sulfonamides is 1. The largest absolute Gasteiger partial charge is 0.399 e. The summed E-state index contributed by atoms with van der Waals surface area (Å²) in [6.45, 7) is 2.37. The molecule has 0 spiro atoms. The maximum atomic E-state index is 12.2. The van der Waals surface area contributed by atoms with Gasteiger partial charge in [0.05, 0.1) is 17.7 Å². The molecular formula is C12H18ClN3O3S. The fraction of sp³-hybridized carbons (Fsp3) is 0.500. The molecule has 112 valence electrons. The zero-order valence-corrected chi connectivity index (χ0v) is 12.7. The minimum Gasteiger partial charge on any atom is -0.399 e. The van der Waals surface area contributed by atoms with Crippen molar-refractivity contribution in [1.82, 2.24) is 9.62 Å². The van der Waals surface area contributed by atoms with E-state index in [9.17, 15) is 8.42 Å². The molecule has 1 aliphatic rings. The smallest absolute Gasteiger partial charge is 0.242 e. The maximum absolute atomic E-state index is 12.2. The van der Waals surface area contributed by atoms with E-state index >= 15 is 0 Å². The molecule has 1 heterocycles. The van der Waals surface area contributed by atoms with Crippen LogP contribution >= 0.6 is 11.6 Å². The number of morpholine rings is 1. The first-order valence-corrected chi connectivity index (χ1v) is 8.09. The Labute approximate surface area is 123 Å². The van der Waals surface area contributed by atoms with E-state index in [0.717, 1.165) is 6.54 Å². The molecule has 1 aromatic carbocycles. The Morgan fingerprint density at radius 2 is 2.30 bits per heavy atom. The highest BCUT2D eigenvalue weighted by atomic mass is 35.5. The summed E-state index contributed by atoms with van der Waals surface area (Å²) in [6.07, 6.45) is -0.156. The second-order valence-corrected chi connectivity index (χ2v) is 6.94. The monoisotopic (exact) mass is 319 g/mol. The highest BCUT2D eigenvalue weighted by Crippen LogP contribution is 2.23. The van der Waals surface area contributed by atoms with Crippen molar-refractivity contribution in [2.24, 2.45) is 0 Å². The SMILES string of the molecule is CN1CCOC(CNS(=O)(=O)c2ccc(N)cc2Cl)C1. The summed E-state index contributed by atoms with van der Waals surface area (Å²) in [6, 6.07) is 4.32. The molecule has 0 saturated carbocycles. The Morgan fingerprint density at radius 1 is 1.55 bits per heavy atom. The topological polar surface area (TPSA) is 84.7 Å². The van der Waals surface area contributed by atoms with Gasteiger partial charge in [-0.1, -0.05) is 11.6 Å². The van der Waals surface area contributed by atoms with Gasteiger partial charge in [-0.25, -0.2) is 13.1 Å². The molecule has 2 rings (SSSR count). The second kappa shape index (κ2) is 6.28. The summed E-state index contributed by atoms with van der Waals surface area (Å²) in [5.41, 5.74) is 5.97. The number of nitrogens with zero attached hydrogens (tertiary/aromatic N) is 1. The molecule has 0 aliphatic carbocycles. The highest BCUT2D eigenvalue weighted by molar-refractivity contribution is 7.89. The van der Waals surface area contributed by atoms with Crippen LogP contribution in [0.25, 0.3) is 0 Å². The minimum atomic E-state index is -3.66. The first-order chi connectivity index (χ1) is 9.38. The predicted octanol–water partition coefficient (Wildman–Crippen LogP) is 0.531. The average molecular weight is 320 g/mol. The van der Waals surface area contributed by atoms with E-state index in [4.69, 9.17) is 22.1 Å². The highest BCUT2D eigenvalue weighted by Gasteiger charge is 2.22. The summed E-state index contributed by atoms with van der Waals surface area (Å²) in [5, 5.41) is 0.110. The number of rotatable bonds is 4. The van der Waals surface area contributed by atoms with Crippen LogP contribution in [0.5, 0.6) is 0 Å². The Morgan fingerprint density at radius 3 is 2.95 bits per heavy atom. The molecule has 1 atom stereocenters. The standard InChI is InChI=1S/C12H18ClN3O3S/c1-16-4-5-19-10(8-16)7-15-20(17,18)12-3-2-9(14)6-11(12)13/h2-3,6,10,15H,4-5,7-8,14H2,1H3. The Kier molecular flexibility index (Phi) is 4.87. The third kappa shape index (κ3) is 3.83. The van der Waals surface area contributed by atoms with Crippen molar-refractivity contribution in [1.29, 1.82) is 0 Å². The molecule has 20 heavy (non-hydrogen) atoms. The first-order valence-electron chi connectivity index (χ1n) is 6.23. The van der Waals surface area contributed by atoms with E-state index in [1.807, 2.05) is 7.05 Å². The number of nitrogens with one attached hydrogen (secondary N) is 1. The van der Waals surface area contributed by atoms with Crippen molar-refractivity contribution in [3.63, 3.8) is 0 Å². The Balaban J connectivity index is 2.03. The van der Waals surface area contributed by atoms with E-state index in [0.29, 0.717) is 18.8 Å². The lowest BCUT2D eigenvalue weighted by molar-refractivity contribution is -0.0156. The van der Waals surface area contributed by atoms with Crippen molar-refractivity contribution in [2.75, 3.05) is 39.0 Å². The molecule has 1 fully saturated rings. The predicted molar refractivity (Wildman–Crippen MR) is 78.3 cm³/mol. The second-order valence-electron chi connectivity index (χ2n) is 4.80. The van der Waals surface area contributed by atoms with Gasteiger partial charge in [0.1, 0.15) is 4.90 Å². The van der Waals surface area contributed by atoms with Gasteiger partial charge in [0.25, 0.3) is 0 Å². The van der Waals surface area contributed by atoms with Gasteiger partial charge >= 0.3 is 0 Å². The molecule has 6 nitrogen and oxygen atoms in total. The molecule has 0 bridgehead atoms. The molecule has 8 heteroatoms. The van der Waals surface area contributed by atoms with Crippen LogP contribution in [-0.4, -0.2) is 52.7 Å². The van der Waals surface area contributed by atoms with Gasteiger partial charge in [0, 0.05) is 25.3 Å². The molecule has 0 radical (unpaired) electrons. The molecule has 1 aromatic rings. The molecule has 1 saturated heterocycles. The van der Waals surface area contributed by atoms with Crippen molar-refractivity contribution in [3.05, 3.63) is 23.2 Å². The number of likely N-dealkylation sites (N-methyl/N-ethyl adjacent to an activating group) is 1. The Hall–Kier alpha value is -0.860. The number of nitrogen functional groups attached to an aromatic ring is 1. The van der Waals surface area contributed by atoms with Gasteiger partial charge in [-0.3, -0.25) is 0 Å². The number of nitrogens with two attached hydrogens (primary N) is 1. The fourth-order valence-corrected chi connectivity index (χ4v) is 3.62. The number of hydrogen-bond donors (Lipinski definition) is 2. The molecule has 0 aromatic heterocycles. The van der Waals surface area contributed by atoms with Gasteiger partial charge < -0.3 is 15.4 Å². The average Bonchev–Trinajstić information content (AvgIpc) is 2.36. The van der Waals surface area contributed by atoms with Crippen LogP contribution in [0.15, 0.2) is 23.1 Å². The van der Waals surface area contributed by atoms with E-state index in [1.54, 1.807) is 0 Å². The third-order valence-corrected chi connectivity index (χ3v) is 4.99. The van der Waals surface area contributed by atoms with Crippen molar-refractivity contribution < 1.29 is 13.2 Å². The minimum absolute atomic E-state index is 0.0255. The quantitative estimate of drug-likeness (QED) is 0.791. The van der Waals surface area contributed by atoms with E-state index in [1.165, 1.54) is 18.2 Å². The summed E-state index contributed by atoms with van der Waals surface area (Å²) >= 11 is 5.92. The normalized spacial score (nSPS) is 21.0. The summed E-state index contributed by atoms with van der Waals surface area (Å²) < 4.78 is 32.4. The van der Waals surface area contributed by atoms with Crippen LogP contribution in [0, 0.1) is 0 Å². The van der Waals surface area contributed by atoms with E-state index < -0.39 is 10.0 Å². The fourth-order valence-electron chi connectivity index (χ4n) is 2.01. The maximum Gasteiger partial charge on any atom is 0.242 e. The number of ether oxygens (including phenoxy) is 1. The van der Waals surface area contributed by atoms with Gasteiger partial charge in [-0.2, -0.15) is 0 Å². The van der Waals surface area contributed by atoms with Crippen LogP contribution in [0.4, 0.5) is 5.69 Å². The molecular weight excluding hydrogens is 302 g/mol. The van der Waals surface area contributed by atoms with Crippen LogP contribution in [0.3, 0.4) is 0 Å².